The molecule has 1 aromatic carbocycles. The molecule has 0 bridgehead atoms. The van der Waals surface area contributed by atoms with Gasteiger partial charge in [0.25, 0.3) is 4.92 Å². The van der Waals surface area contributed by atoms with E-state index in [0.717, 1.165) is 0 Å². The van der Waals surface area contributed by atoms with Crippen LogP contribution in [0.2, 0.25) is 0 Å². The molecule has 82 valence electrons. The molecule has 0 unspecified atom stereocenters. The smallest absolute Gasteiger partial charge is 0.316 e. The lowest BCUT2D eigenvalue weighted by Gasteiger charge is -2.07. The fourth-order valence-corrected chi connectivity index (χ4v) is 1.33. The lowest BCUT2D eigenvalue weighted by atomic mass is 10.2. The topological polar surface area (TPSA) is 83.7 Å². The van der Waals surface area contributed by atoms with Crippen LogP contribution in [0.5, 0.6) is 0 Å². The van der Waals surface area contributed by atoms with Crippen molar-refractivity contribution in [2.45, 2.75) is 6.61 Å². The second-order valence-corrected chi connectivity index (χ2v) is 4.89. The maximum absolute atomic E-state index is 10.5. The summed E-state index contributed by atoms with van der Waals surface area (Å²) >= 11 is 4.00. The molecule has 0 saturated carbocycles. The molecule has 15 heavy (non-hydrogen) atoms. The van der Waals surface area contributed by atoms with Crippen LogP contribution in [0.25, 0.3) is 0 Å². The molecule has 0 amide bonds. The Morgan fingerprint density at radius 1 is 1.47 bits per heavy atom. The van der Waals surface area contributed by atoms with Crippen molar-refractivity contribution >= 4 is 26.5 Å². The summed E-state index contributed by atoms with van der Waals surface area (Å²) in [4.78, 5) is 10.2. The van der Waals surface area contributed by atoms with Gasteiger partial charge in [-0.05, 0) is 5.56 Å². The highest BCUT2D eigenvalue weighted by atomic mass is 33.1. The first-order chi connectivity index (χ1) is 6.88. The Bertz CT molecular complexity index is 470. The fraction of sp³-hybridized carbons (Fsp3) is 0.143. The summed E-state index contributed by atoms with van der Waals surface area (Å²) in [6.45, 7) is -0.270. The molecule has 1 N–H and O–H groups in total. The van der Waals surface area contributed by atoms with Crippen LogP contribution in [-0.4, -0.2) is 18.5 Å². The zero-order valence-corrected chi connectivity index (χ0v) is 8.99. The van der Waals surface area contributed by atoms with E-state index in [0.29, 0.717) is 5.56 Å². The molecule has 0 heterocycles. The van der Waals surface area contributed by atoms with Gasteiger partial charge in [0.15, 0.2) is 0 Å². The highest BCUT2D eigenvalue weighted by molar-refractivity contribution is 8.51. The third-order valence-corrected chi connectivity index (χ3v) is 2.20. The Balaban J connectivity index is 2.79. The van der Waals surface area contributed by atoms with Crippen molar-refractivity contribution in [3.05, 3.63) is 34.7 Å². The van der Waals surface area contributed by atoms with Gasteiger partial charge in [0, 0.05) is 12.1 Å². The lowest BCUT2D eigenvalue weighted by Crippen LogP contribution is -2.01. The summed E-state index contributed by atoms with van der Waals surface area (Å²) < 4.78 is 25.3. The standard InChI is InChI=1S/C7H7NO5S2/c9-8(10)7-3-1-2-6(4-7)5-13-15(11,12)14/h1-4H,5H2,(H-,9,10,11,12,14). The van der Waals surface area contributed by atoms with Crippen molar-refractivity contribution in [2.75, 3.05) is 0 Å². The Kier molecular flexibility index (Phi) is 3.66. The van der Waals surface area contributed by atoms with Crippen LogP contribution in [0.3, 0.4) is 0 Å². The second-order valence-electron chi connectivity index (χ2n) is 2.61. The Morgan fingerprint density at radius 2 is 2.13 bits per heavy atom. The highest BCUT2D eigenvalue weighted by Crippen LogP contribution is 2.13. The molecule has 8 heteroatoms. The van der Waals surface area contributed by atoms with Gasteiger partial charge < -0.3 is 11.7 Å². The molecular formula is C7H7NO5S2. The SMILES string of the molecule is O=[N+](O)c1cccc(COS(=O)(=O)[S-])c1. The van der Waals surface area contributed by atoms with Crippen molar-refractivity contribution in [1.29, 1.82) is 0 Å². The summed E-state index contributed by atoms with van der Waals surface area (Å²) in [6, 6.07) is 5.66. The minimum absolute atomic E-state index is 0.0159. The summed E-state index contributed by atoms with van der Waals surface area (Å²) in [5.74, 6) is 0. The van der Waals surface area contributed by atoms with E-state index in [1.165, 1.54) is 24.3 Å². The van der Waals surface area contributed by atoms with Crippen molar-refractivity contribution in [3.63, 3.8) is 0 Å². The largest absolute Gasteiger partial charge is 0.619 e. The van der Waals surface area contributed by atoms with Crippen LogP contribution in [0.15, 0.2) is 24.3 Å². The summed E-state index contributed by atoms with van der Waals surface area (Å²) in [6.07, 6.45) is 0. The minimum Gasteiger partial charge on any atom is -0.619 e. The monoisotopic (exact) mass is 249 g/mol. The molecule has 0 aromatic heterocycles. The van der Waals surface area contributed by atoms with Gasteiger partial charge in [-0.2, -0.15) is 0 Å². The van der Waals surface area contributed by atoms with E-state index in [-0.39, 0.29) is 17.2 Å². The maximum Gasteiger partial charge on any atom is 0.316 e. The van der Waals surface area contributed by atoms with Crippen molar-refractivity contribution < 1.29 is 22.7 Å². The Hall–Kier alpha value is -1.12. The number of rotatable bonds is 4. The molecule has 1 aromatic rings. The average molecular weight is 249 g/mol. The van der Waals surface area contributed by atoms with Crippen molar-refractivity contribution in [3.8, 4) is 0 Å². The first-order valence-corrected chi connectivity index (χ1v) is 6.07. The molecule has 0 aliphatic heterocycles. The number of hydrogen-bond donors (Lipinski definition) is 1. The number of nitrogens with zero attached hydrogens (tertiary/aromatic N) is 1. The first-order valence-electron chi connectivity index (χ1n) is 3.74. The summed E-state index contributed by atoms with van der Waals surface area (Å²) in [5, 5.41) is 8.57. The van der Waals surface area contributed by atoms with Crippen LogP contribution in [0.4, 0.5) is 5.69 Å². The van der Waals surface area contributed by atoms with Crippen LogP contribution in [0, 0.1) is 4.91 Å². The molecule has 0 fully saturated rings. The molecule has 0 aliphatic carbocycles. The van der Waals surface area contributed by atoms with E-state index >= 15 is 0 Å². The summed E-state index contributed by atoms with van der Waals surface area (Å²) in [7, 11) is -3.93. The third kappa shape index (κ3) is 4.28. The number of hydrogen-bond acceptors (Lipinski definition) is 5. The van der Waals surface area contributed by atoms with Gasteiger partial charge in [-0.1, -0.05) is 12.1 Å². The van der Waals surface area contributed by atoms with Gasteiger partial charge in [-0.25, -0.2) is 13.6 Å². The third-order valence-electron chi connectivity index (χ3n) is 1.50. The zero-order valence-electron chi connectivity index (χ0n) is 7.36. The predicted molar refractivity (Wildman–Crippen MR) is 52.6 cm³/mol. The van der Waals surface area contributed by atoms with Gasteiger partial charge in [0.05, 0.1) is 11.5 Å². The molecule has 0 spiro atoms. The summed E-state index contributed by atoms with van der Waals surface area (Å²) in [5.41, 5.74) is 0.397. The minimum atomic E-state index is -3.93. The molecule has 0 atom stereocenters. The van der Waals surface area contributed by atoms with Gasteiger partial charge >= 0.3 is 5.69 Å². The van der Waals surface area contributed by atoms with Crippen LogP contribution in [0.1, 0.15) is 5.56 Å². The highest BCUT2D eigenvalue weighted by Gasteiger charge is 2.11. The van der Waals surface area contributed by atoms with E-state index in [1.54, 1.807) is 0 Å². The van der Waals surface area contributed by atoms with Crippen molar-refractivity contribution in [1.82, 2.24) is 0 Å². The van der Waals surface area contributed by atoms with Crippen molar-refractivity contribution in [2.24, 2.45) is 0 Å². The predicted octanol–water partition coefficient (Wildman–Crippen LogP) is 0.794. The van der Waals surface area contributed by atoms with Crippen LogP contribution in [-0.2, 0) is 31.6 Å². The normalized spacial score (nSPS) is 11.3. The van der Waals surface area contributed by atoms with E-state index in [1.807, 2.05) is 0 Å². The maximum atomic E-state index is 10.5. The Morgan fingerprint density at radius 3 is 2.67 bits per heavy atom. The van der Waals surface area contributed by atoms with Crippen LogP contribution >= 0.6 is 0 Å². The average Bonchev–Trinajstić information content (AvgIpc) is 2.14. The van der Waals surface area contributed by atoms with E-state index < -0.39 is 9.15 Å². The first kappa shape index (κ1) is 12.0. The second kappa shape index (κ2) is 4.60. The molecule has 0 saturated heterocycles. The van der Waals surface area contributed by atoms with E-state index in [4.69, 9.17) is 5.21 Å². The molecule has 0 aliphatic rings. The molecular weight excluding hydrogens is 242 g/mol. The van der Waals surface area contributed by atoms with Gasteiger partial charge in [-0.3, -0.25) is 4.18 Å². The van der Waals surface area contributed by atoms with Gasteiger partial charge in [-0.15, -0.1) is 0 Å². The molecule has 1 rings (SSSR count). The molecule has 6 nitrogen and oxygen atoms in total. The van der Waals surface area contributed by atoms with Crippen LogP contribution < -0.4 is 0 Å². The van der Waals surface area contributed by atoms with Gasteiger partial charge in [0.2, 0.25) is 0 Å². The van der Waals surface area contributed by atoms with E-state index in [2.05, 4.69) is 15.8 Å². The number of benzene rings is 1. The lowest BCUT2D eigenvalue weighted by molar-refractivity contribution is -0.729. The quantitative estimate of drug-likeness (QED) is 0.482. The van der Waals surface area contributed by atoms with E-state index in [9.17, 15) is 13.3 Å². The van der Waals surface area contributed by atoms with Gasteiger partial charge in [0.1, 0.15) is 9.15 Å². The fourth-order valence-electron chi connectivity index (χ4n) is 0.905. The molecule has 0 radical (unpaired) electrons. The zero-order chi connectivity index (χ0) is 11.5. The Labute approximate surface area is 91.0 Å².